The zero-order chi connectivity index (χ0) is 7.68. The molecule has 0 saturated heterocycles. The van der Waals surface area contributed by atoms with Crippen LogP contribution in [0.5, 0.6) is 5.88 Å². The fourth-order valence-electron chi connectivity index (χ4n) is 0.940. The van der Waals surface area contributed by atoms with Crippen molar-refractivity contribution in [2.24, 2.45) is 0 Å². The highest BCUT2D eigenvalue weighted by molar-refractivity contribution is 5.73. The van der Waals surface area contributed by atoms with Crippen LogP contribution in [-0.4, -0.2) is 9.97 Å². The number of aromatic nitrogens is 2. The van der Waals surface area contributed by atoms with E-state index in [1.807, 2.05) is 18.2 Å². The molecular formula is C8H5N2O-. The minimum atomic E-state index is -0.288. The zero-order valence-electron chi connectivity index (χ0n) is 5.69. The molecule has 0 N–H and O–H groups in total. The SMILES string of the molecule is [O-]c1cnc2ccccc2n1. The Kier molecular flexibility index (Phi) is 1.22. The van der Waals surface area contributed by atoms with Gasteiger partial charge in [-0.25, -0.2) is 0 Å². The quantitative estimate of drug-likeness (QED) is 0.548. The first-order valence-electron chi connectivity index (χ1n) is 3.25. The van der Waals surface area contributed by atoms with Gasteiger partial charge >= 0.3 is 0 Å². The van der Waals surface area contributed by atoms with Crippen molar-refractivity contribution in [3.8, 4) is 5.88 Å². The molecule has 0 aliphatic rings. The molecule has 0 saturated carbocycles. The van der Waals surface area contributed by atoms with E-state index in [0.717, 1.165) is 5.52 Å². The van der Waals surface area contributed by atoms with E-state index < -0.39 is 0 Å². The minimum absolute atomic E-state index is 0.288. The minimum Gasteiger partial charge on any atom is -0.858 e. The molecule has 0 aliphatic heterocycles. The van der Waals surface area contributed by atoms with Gasteiger partial charge in [0.15, 0.2) is 0 Å². The maximum absolute atomic E-state index is 10.7. The fraction of sp³-hybridized carbons (Fsp3) is 0. The zero-order valence-corrected chi connectivity index (χ0v) is 5.69. The highest BCUT2D eigenvalue weighted by Gasteiger charge is 1.90. The van der Waals surface area contributed by atoms with Crippen molar-refractivity contribution in [3.63, 3.8) is 0 Å². The average Bonchev–Trinajstić information content (AvgIpc) is 2.04. The maximum atomic E-state index is 10.7. The molecule has 1 aromatic carbocycles. The lowest BCUT2D eigenvalue weighted by molar-refractivity contribution is -0.275. The molecule has 0 fully saturated rings. The monoisotopic (exact) mass is 145 g/mol. The van der Waals surface area contributed by atoms with Gasteiger partial charge in [-0.05, 0) is 12.1 Å². The molecule has 0 radical (unpaired) electrons. The summed E-state index contributed by atoms with van der Waals surface area (Å²) in [6, 6.07) is 7.28. The topological polar surface area (TPSA) is 48.8 Å². The second-order valence-electron chi connectivity index (χ2n) is 2.20. The van der Waals surface area contributed by atoms with Crippen molar-refractivity contribution >= 4 is 11.0 Å². The Hall–Kier alpha value is -1.64. The Labute approximate surface area is 63.3 Å². The van der Waals surface area contributed by atoms with Gasteiger partial charge in [-0.15, -0.1) is 0 Å². The van der Waals surface area contributed by atoms with Gasteiger partial charge in [0.2, 0.25) is 0 Å². The normalized spacial score (nSPS) is 10.2. The van der Waals surface area contributed by atoms with Gasteiger partial charge in [-0.3, -0.25) is 9.97 Å². The lowest BCUT2D eigenvalue weighted by Gasteiger charge is -2.02. The predicted octanol–water partition coefficient (Wildman–Crippen LogP) is 0.703. The van der Waals surface area contributed by atoms with Crippen molar-refractivity contribution in [1.29, 1.82) is 0 Å². The molecule has 54 valence electrons. The fourth-order valence-corrected chi connectivity index (χ4v) is 0.940. The second kappa shape index (κ2) is 2.20. The van der Waals surface area contributed by atoms with Crippen LogP contribution in [0.25, 0.3) is 11.0 Å². The van der Waals surface area contributed by atoms with Crippen LogP contribution in [0, 0.1) is 0 Å². The van der Waals surface area contributed by atoms with Crippen LogP contribution in [0.3, 0.4) is 0 Å². The number of para-hydroxylation sites is 2. The van der Waals surface area contributed by atoms with Gasteiger partial charge in [0.05, 0.1) is 11.0 Å². The van der Waals surface area contributed by atoms with E-state index in [4.69, 9.17) is 0 Å². The predicted molar refractivity (Wildman–Crippen MR) is 39.0 cm³/mol. The Morgan fingerprint density at radius 2 is 1.82 bits per heavy atom. The van der Waals surface area contributed by atoms with Crippen LogP contribution in [0.4, 0.5) is 0 Å². The number of benzene rings is 1. The van der Waals surface area contributed by atoms with Gasteiger partial charge in [-0.1, -0.05) is 12.1 Å². The van der Waals surface area contributed by atoms with E-state index in [1.54, 1.807) is 6.07 Å². The molecule has 0 unspecified atom stereocenters. The number of hydrogen-bond acceptors (Lipinski definition) is 3. The van der Waals surface area contributed by atoms with E-state index in [1.165, 1.54) is 6.20 Å². The lowest BCUT2D eigenvalue weighted by Crippen LogP contribution is -1.94. The summed E-state index contributed by atoms with van der Waals surface area (Å²) in [5, 5.41) is 10.7. The molecule has 2 rings (SSSR count). The summed E-state index contributed by atoms with van der Waals surface area (Å²) in [5.41, 5.74) is 1.41. The molecule has 1 aromatic heterocycles. The summed E-state index contributed by atoms with van der Waals surface area (Å²) >= 11 is 0. The molecule has 0 bridgehead atoms. The number of hydrogen-bond donors (Lipinski definition) is 0. The Morgan fingerprint density at radius 1 is 1.09 bits per heavy atom. The molecule has 2 aromatic rings. The summed E-state index contributed by atoms with van der Waals surface area (Å²) in [6.07, 6.45) is 1.22. The molecule has 1 heterocycles. The van der Waals surface area contributed by atoms with Gasteiger partial charge in [0.25, 0.3) is 0 Å². The van der Waals surface area contributed by atoms with E-state index in [9.17, 15) is 5.11 Å². The number of fused-ring (bicyclic) bond motifs is 1. The van der Waals surface area contributed by atoms with Crippen LogP contribution in [0.2, 0.25) is 0 Å². The molecule has 0 atom stereocenters. The molecule has 0 amide bonds. The van der Waals surface area contributed by atoms with Gasteiger partial charge in [0.1, 0.15) is 0 Å². The third kappa shape index (κ3) is 1.00. The Bertz CT molecular complexity index is 387. The van der Waals surface area contributed by atoms with E-state index in [2.05, 4.69) is 9.97 Å². The van der Waals surface area contributed by atoms with Crippen molar-refractivity contribution in [2.75, 3.05) is 0 Å². The van der Waals surface area contributed by atoms with Crippen LogP contribution in [0.15, 0.2) is 30.5 Å². The molecular weight excluding hydrogens is 140 g/mol. The van der Waals surface area contributed by atoms with Crippen molar-refractivity contribution in [1.82, 2.24) is 9.97 Å². The van der Waals surface area contributed by atoms with E-state index in [-0.39, 0.29) is 5.88 Å². The van der Waals surface area contributed by atoms with Crippen LogP contribution < -0.4 is 5.11 Å². The Balaban J connectivity index is 2.83. The standard InChI is InChI=1S/C8H6N2O/c11-8-5-9-6-3-1-2-4-7(6)10-8/h1-5H,(H,10,11)/p-1. The van der Waals surface area contributed by atoms with Gasteiger partial charge in [-0.2, -0.15) is 0 Å². The molecule has 11 heavy (non-hydrogen) atoms. The second-order valence-corrected chi connectivity index (χ2v) is 2.20. The summed E-state index contributed by atoms with van der Waals surface area (Å²) in [6.45, 7) is 0. The third-order valence-corrected chi connectivity index (χ3v) is 1.43. The summed E-state index contributed by atoms with van der Waals surface area (Å²) in [4.78, 5) is 7.66. The van der Waals surface area contributed by atoms with E-state index in [0.29, 0.717) is 5.52 Å². The lowest BCUT2D eigenvalue weighted by atomic mass is 10.3. The molecule has 0 spiro atoms. The smallest absolute Gasteiger partial charge is 0.0886 e. The van der Waals surface area contributed by atoms with Gasteiger partial charge in [0, 0.05) is 12.1 Å². The number of nitrogens with zero attached hydrogens (tertiary/aromatic N) is 2. The number of rotatable bonds is 0. The highest BCUT2D eigenvalue weighted by atomic mass is 16.3. The molecule has 3 heteroatoms. The average molecular weight is 145 g/mol. The largest absolute Gasteiger partial charge is 0.858 e. The first kappa shape index (κ1) is 6.09. The third-order valence-electron chi connectivity index (χ3n) is 1.43. The van der Waals surface area contributed by atoms with Crippen LogP contribution in [-0.2, 0) is 0 Å². The first-order valence-corrected chi connectivity index (χ1v) is 3.25. The van der Waals surface area contributed by atoms with Crippen LogP contribution in [0.1, 0.15) is 0 Å². The van der Waals surface area contributed by atoms with Crippen molar-refractivity contribution < 1.29 is 5.11 Å². The van der Waals surface area contributed by atoms with Crippen molar-refractivity contribution in [3.05, 3.63) is 30.5 Å². The summed E-state index contributed by atoms with van der Waals surface area (Å²) < 4.78 is 0. The van der Waals surface area contributed by atoms with Gasteiger partial charge < -0.3 is 5.11 Å². The van der Waals surface area contributed by atoms with Crippen molar-refractivity contribution in [2.45, 2.75) is 0 Å². The molecule has 3 nitrogen and oxygen atoms in total. The summed E-state index contributed by atoms with van der Waals surface area (Å²) in [5.74, 6) is -0.288. The molecule has 0 aliphatic carbocycles. The van der Waals surface area contributed by atoms with E-state index >= 15 is 0 Å². The summed E-state index contributed by atoms with van der Waals surface area (Å²) in [7, 11) is 0. The maximum Gasteiger partial charge on any atom is 0.0886 e. The van der Waals surface area contributed by atoms with Crippen LogP contribution >= 0.6 is 0 Å². The highest BCUT2D eigenvalue weighted by Crippen LogP contribution is 2.08. The Morgan fingerprint density at radius 3 is 2.64 bits per heavy atom. The first-order chi connectivity index (χ1) is 5.36.